The molecule has 0 amide bonds. The normalized spacial score (nSPS) is 14.5. The van der Waals surface area contributed by atoms with Gasteiger partial charge in [-0.15, -0.1) is 0 Å². The molecule has 6 heteroatoms. The van der Waals surface area contributed by atoms with E-state index in [1.54, 1.807) is 13.2 Å². The lowest BCUT2D eigenvalue weighted by Crippen LogP contribution is -2.39. The van der Waals surface area contributed by atoms with Gasteiger partial charge in [0, 0.05) is 19.7 Å². The van der Waals surface area contributed by atoms with Crippen LogP contribution in [0, 0.1) is 0 Å². The van der Waals surface area contributed by atoms with Gasteiger partial charge in [-0.2, -0.15) is 18.3 Å². The third-order valence-electron chi connectivity index (χ3n) is 1.62. The Kier molecular flexibility index (Phi) is 2.60. The van der Waals surface area contributed by atoms with Crippen molar-refractivity contribution >= 4 is 0 Å². The summed E-state index contributed by atoms with van der Waals surface area (Å²) >= 11 is 0. The largest absolute Gasteiger partial charge is 0.404 e. The van der Waals surface area contributed by atoms with Gasteiger partial charge in [-0.25, -0.2) is 0 Å². The Morgan fingerprint density at radius 2 is 2.23 bits per heavy atom. The lowest BCUT2D eigenvalue weighted by Gasteiger charge is -2.13. The lowest BCUT2D eigenvalue weighted by atomic mass is 10.2. The minimum absolute atomic E-state index is 0.273. The SMILES string of the molecule is Cn1ccc(CC(N)C(F)(F)F)n1. The maximum absolute atomic E-state index is 12.0. The molecule has 0 aromatic carbocycles. The number of hydrogen-bond donors (Lipinski definition) is 1. The smallest absolute Gasteiger partial charge is 0.320 e. The monoisotopic (exact) mass is 193 g/mol. The second-order valence-electron chi connectivity index (χ2n) is 2.83. The van der Waals surface area contributed by atoms with Gasteiger partial charge in [0.15, 0.2) is 0 Å². The summed E-state index contributed by atoms with van der Waals surface area (Å²) in [7, 11) is 1.64. The summed E-state index contributed by atoms with van der Waals surface area (Å²) in [6.45, 7) is 0. The standard InChI is InChI=1S/C7H10F3N3/c1-13-3-2-5(12-13)4-6(11)7(8,9)10/h2-3,6H,4,11H2,1H3. The lowest BCUT2D eigenvalue weighted by molar-refractivity contribution is -0.147. The number of rotatable bonds is 2. The Morgan fingerprint density at radius 1 is 1.62 bits per heavy atom. The quantitative estimate of drug-likeness (QED) is 0.756. The van der Waals surface area contributed by atoms with E-state index in [0.717, 1.165) is 0 Å². The number of nitrogens with zero attached hydrogens (tertiary/aromatic N) is 2. The molecule has 1 heterocycles. The molecule has 0 aliphatic heterocycles. The highest BCUT2D eigenvalue weighted by Gasteiger charge is 2.36. The van der Waals surface area contributed by atoms with E-state index in [4.69, 9.17) is 5.73 Å². The third kappa shape index (κ3) is 2.73. The van der Waals surface area contributed by atoms with Crippen molar-refractivity contribution in [3.63, 3.8) is 0 Å². The summed E-state index contributed by atoms with van der Waals surface area (Å²) < 4.78 is 37.4. The average molecular weight is 193 g/mol. The zero-order valence-electron chi connectivity index (χ0n) is 7.04. The van der Waals surface area contributed by atoms with Crippen molar-refractivity contribution in [2.24, 2.45) is 12.8 Å². The first-order chi connectivity index (χ1) is 5.89. The first-order valence-electron chi connectivity index (χ1n) is 3.70. The molecule has 0 radical (unpaired) electrons. The molecule has 1 rings (SSSR count). The summed E-state index contributed by atoms with van der Waals surface area (Å²) in [5.74, 6) is 0. The molecule has 74 valence electrons. The van der Waals surface area contributed by atoms with Crippen molar-refractivity contribution in [3.05, 3.63) is 18.0 Å². The predicted octanol–water partition coefficient (Wildman–Crippen LogP) is 0.852. The Bertz CT molecular complexity index is 279. The fourth-order valence-electron chi connectivity index (χ4n) is 0.913. The molecule has 3 nitrogen and oxygen atoms in total. The van der Waals surface area contributed by atoms with Crippen LogP contribution in [0.15, 0.2) is 12.3 Å². The maximum Gasteiger partial charge on any atom is 0.404 e. The van der Waals surface area contributed by atoms with Crippen molar-refractivity contribution in [1.29, 1.82) is 0 Å². The van der Waals surface area contributed by atoms with Crippen molar-refractivity contribution in [1.82, 2.24) is 9.78 Å². The van der Waals surface area contributed by atoms with E-state index < -0.39 is 12.2 Å². The number of aromatic nitrogens is 2. The van der Waals surface area contributed by atoms with Gasteiger partial charge in [-0.05, 0) is 6.07 Å². The summed E-state index contributed by atoms with van der Waals surface area (Å²) in [5, 5.41) is 3.80. The molecule has 0 bridgehead atoms. The van der Waals surface area contributed by atoms with Gasteiger partial charge in [0.2, 0.25) is 0 Å². The van der Waals surface area contributed by atoms with Gasteiger partial charge in [0.05, 0.1) is 5.69 Å². The van der Waals surface area contributed by atoms with Crippen LogP contribution in [0.5, 0.6) is 0 Å². The van der Waals surface area contributed by atoms with Crippen molar-refractivity contribution in [2.75, 3.05) is 0 Å². The van der Waals surface area contributed by atoms with E-state index in [9.17, 15) is 13.2 Å². The molecule has 0 aliphatic carbocycles. The molecule has 0 aliphatic rings. The predicted molar refractivity (Wildman–Crippen MR) is 40.9 cm³/mol. The van der Waals surface area contributed by atoms with Crippen LogP contribution in [0.3, 0.4) is 0 Å². The Labute approximate surface area is 73.3 Å². The van der Waals surface area contributed by atoms with E-state index >= 15 is 0 Å². The number of hydrogen-bond acceptors (Lipinski definition) is 2. The van der Waals surface area contributed by atoms with Crippen molar-refractivity contribution in [3.8, 4) is 0 Å². The van der Waals surface area contributed by atoms with Crippen LogP contribution in [0.1, 0.15) is 5.69 Å². The van der Waals surface area contributed by atoms with E-state index in [-0.39, 0.29) is 6.42 Å². The molecule has 0 spiro atoms. The topological polar surface area (TPSA) is 43.8 Å². The van der Waals surface area contributed by atoms with Crippen LogP contribution in [-0.2, 0) is 13.5 Å². The highest BCUT2D eigenvalue weighted by molar-refractivity contribution is 5.01. The van der Waals surface area contributed by atoms with Crippen LogP contribution in [0.25, 0.3) is 0 Å². The highest BCUT2D eigenvalue weighted by atomic mass is 19.4. The Balaban J connectivity index is 2.60. The molecular formula is C7H10F3N3. The summed E-state index contributed by atoms with van der Waals surface area (Å²) in [6.07, 6.45) is -3.04. The second-order valence-corrected chi connectivity index (χ2v) is 2.83. The molecule has 1 aromatic rings. The van der Waals surface area contributed by atoms with Gasteiger partial charge >= 0.3 is 6.18 Å². The Hall–Kier alpha value is -1.04. The number of nitrogens with two attached hydrogens (primary N) is 1. The van der Waals surface area contributed by atoms with Gasteiger partial charge in [-0.1, -0.05) is 0 Å². The molecule has 1 unspecified atom stereocenters. The zero-order valence-corrected chi connectivity index (χ0v) is 7.04. The van der Waals surface area contributed by atoms with Crippen LogP contribution in [0.4, 0.5) is 13.2 Å². The Morgan fingerprint density at radius 3 is 2.62 bits per heavy atom. The molecule has 1 atom stereocenters. The molecule has 0 saturated heterocycles. The minimum Gasteiger partial charge on any atom is -0.320 e. The van der Waals surface area contributed by atoms with Gasteiger partial charge in [0.25, 0.3) is 0 Å². The molecule has 0 saturated carbocycles. The molecular weight excluding hydrogens is 183 g/mol. The average Bonchev–Trinajstić information content (AvgIpc) is 2.33. The van der Waals surface area contributed by atoms with Crippen LogP contribution < -0.4 is 5.73 Å². The molecule has 1 aromatic heterocycles. The number of aryl methyl sites for hydroxylation is 1. The minimum atomic E-state index is -4.35. The van der Waals surface area contributed by atoms with E-state index in [1.165, 1.54) is 10.7 Å². The fourth-order valence-corrected chi connectivity index (χ4v) is 0.913. The van der Waals surface area contributed by atoms with Crippen molar-refractivity contribution < 1.29 is 13.2 Å². The molecule has 2 N–H and O–H groups in total. The summed E-state index contributed by atoms with van der Waals surface area (Å²) in [6, 6.07) is -0.312. The van der Waals surface area contributed by atoms with Gasteiger partial charge in [-0.3, -0.25) is 4.68 Å². The van der Waals surface area contributed by atoms with Crippen LogP contribution in [0.2, 0.25) is 0 Å². The van der Waals surface area contributed by atoms with Gasteiger partial charge in [0.1, 0.15) is 6.04 Å². The van der Waals surface area contributed by atoms with Gasteiger partial charge < -0.3 is 5.73 Å². The maximum atomic E-state index is 12.0. The van der Waals surface area contributed by atoms with E-state index in [0.29, 0.717) is 5.69 Å². The fraction of sp³-hybridized carbons (Fsp3) is 0.571. The molecule has 13 heavy (non-hydrogen) atoms. The first kappa shape index (κ1) is 10.0. The number of halogens is 3. The van der Waals surface area contributed by atoms with Crippen LogP contribution in [-0.4, -0.2) is 22.0 Å². The van der Waals surface area contributed by atoms with Crippen LogP contribution >= 0.6 is 0 Å². The molecule has 0 fully saturated rings. The summed E-state index contributed by atoms with van der Waals surface area (Å²) in [5.41, 5.74) is 5.27. The first-order valence-corrected chi connectivity index (χ1v) is 3.70. The van der Waals surface area contributed by atoms with Crippen molar-refractivity contribution in [2.45, 2.75) is 18.6 Å². The number of alkyl halides is 3. The third-order valence-corrected chi connectivity index (χ3v) is 1.62. The van der Waals surface area contributed by atoms with E-state index in [1.807, 2.05) is 0 Å². The van der Waals surface area contributed by atoms with E-state index in [2.05, 4.69) is 5.10 Å². The second kappa shape index (κ2) is 3.37. The zero-order chi connectivity index (χ0) is 10.1. The summed E-state index contributed by atoms with van der Waals surface area (Å²) in [4.78, 5) is 0. The highest BCUT2D eigenvalue weighted by Crippen LogP contribution is 2.20.